The third-order valence-electron chi connectivity index (χ3n) is 9.52. The van der Waals surface area contributed by atoms with Crippen molar-refractivity contribution in [3.8, 4) is 0 Å². The number of hydrogen-bond donors (Lipinski definition) is 1. The molecule has 1 aliphatic heterocycles. The van der Waals surface area contributed by atoms with Gasteiger partial charge in [0.2, 0.25) is 0 Å². The lowest BCUT2D eigenvalue weighted by molar-refractivity contribution is -0.521. The molecule has 0 spiro atoms. The number of nitrogens with zero attached hydrogens (tertiary/aromatic N) is 3. The van der Waals surface area contributed by atoms with E-state index in [4.69, 9.17) is 0 Å². The van der Waals surface area contributed by atoms with Gasteiger partial charge in [-0.1, -0.05) is 95.1 Å². The minimum atomic E-state index is -0.238. The average Bonchev–Trinajstić information content (AvgIpc) is 3.08. The average molecular weight is 650 g/mol. The lowest BCUT2D eigenvalue weighted by Crippen LogP contribution is -2.46. The lowest BCUT2D eigenvalue weighted by atomic mass is 9.73. The molecule has 1 aliphatic rings. The summed E-state index contributed by atoms with van der Waals surface area (Å²) in [5.74, 6) is -0.123. The third-order valence-corrected chi connectivity index (χ3v) is 9.52. The standard InChI is InChI=1S/C40H51FN3.C3H7N/c1-9-13-35(11-3)42(8)23-22-37(36-15-12-14-33(10-2)31(36)5)40(6,7)34-19-17-32(18-20-34)29-43-24-26-44(27-25-43)39-21-16-30(4)28-38(39)41;1-3-4-2/h10-12,14-23,28,35H,2-3,9,13,24-27,29H2,1,4-8H3;3-4H,1H2,2H3/q+1;/b37-22+,42-23?;. The maximum Gasteiger partial charge on any atom is 0.170 e. The summed E-state index contributed by atoms with van der Waals surface area (Å²) in [7, 11) is 3.95. The van der Waals surface area contributed by atoms with Gasteiger partial charge in [0.25, 0.3) is 0 Å². The number of hydrogen-bond acceptors (Lipinski definition) is 3. The Morgan fingerprint density at radius 1 is 1.00 bits per heavy atom. The van der Waals surface area contributed by atoms with Gasteiger partial charge in [0, 0.05) is 57.7 Å². The fraction of sp³-hybridized carbons (Fsp3) is 0.372. The van der Waals surface area contributed by atoms with E-state index in [0.717, 1.165) is 56.7 Å². The van der Waals surface area contributed by atoms with Crippen molar-refractivity contribution in [1.29, 1.82) is 0 Å². The second-order valence-electron chi connectivity index (χ2n) is 13.2. The van der Waals surface area contributed by atoms with Crippen molar-refractivity contribution in [1.82, 2.24) is 10.2 Å². The van der Waals surface area contributed by atoms with E-state index in [2.05, 4.69) is 129 Å². The van der Waals surface area contributed by atoms with E-state index < -0.39 is 0 Å². The molecule has 4 rings (SSSR count). The van der Waals surface area contributed by atoms with Gasteiger partial charge in [0.15, 0.2) is 12.3 Å². The summed E-state index contributed by atoms with van der Waals surface area (Å²) in [5, 5.41) is 2.69. The van der Waals surface area contributed by atoms with E-state index >= 15 is 0 Å². The summed E-state index contributed by atoms with van der Waals surface area (Å²) in [6, 6.07) is 21.5. The molecule has 0 bridgehead atoms. The highest BCUT2D eigenvalue weighted by Crippen LogP contribution is 2.40. The molecule has 0 radical (unpaired) electrons. The van der Waals surface area contributed by atoms with E-state index in [1.807, 2.05) is 38.3 Å². The number of piperazine rings is 1. The van der Waals surface area contributed by atoms with Crippen molar-refractivity contribution >= 4 is 23.6 Å². The molecule has 256 valence electrons. The molecule has 3 aromatic rings. The molecule has 0 aromatic heterocycles. The van der Waals surface area contributed by atoms with E-state index in [-0.39, 0.29) is 11.2 Å². The third kappa shape index (κ3) is 9.90. The molecule has 1 saturated heterocycles. The van der Waals surface area contributed by atoms with Crippen molar-refractivity contribution in [2.24, 2.45) is 0 Å². The number of nitrogens with one attached hydrogen (secondary N) is 1. The number of benzene rings is 3. The van der Waals surface area contributed by atoms with Crippen LogP contribution in [0.3, 0.4) is 0 Å². The van der Waals surface area contributed by atoms with Crippen LogP contribution in [-0.4, -0.2) is 62.0 Å². The first kappa shape index (κ1) is 38.2. The predicted molar refractivity (Wildman–Crippen MR) is 208 cm³/mol. The van der Waals surface area contributed by atoms with Gasteiger partial charge < -0.3 is 10.2 Å². The molecule has 48 heavy (non-hydrogen) atoms. The van der Waals surface area contributed by atoms with Gasteiger partial charge >= 0.3 is 0 Å². The van der Waals surface area contributed by atoms with Crippen LogP contribution < -0.4 is 10.2 Å². The number of allylic oxidation sites excluding steroid dienone is 2. The van der Waals surface area contributed by atoms with Crippen LogP contribution in [-0.2, 0) is 12.0 Å². The first-order valence-electron chi connectivity index (χ1n) is 17.2. The molecule has 1 unspecified atom stereocenters. The largest absolute Gasteiger partial charge is 0.394 e. The van der Waals surface area contributed by atoms with Crippen LogP contribution in [0.4, 0.5) is 10.1 Å². The maximum atomic E-state index is 14.5. The van der Waals surface area contributed by atoms with Crippen molar-refractivity contribution in [3.63, 3.8) is 0 Å². The molecule has 0 saturated carbocycles. The Labute approximate surface area is 290 Å². The van der Waals surface area contributed by atoms with Crippen LogP contribution in [0, 0.1) is 19.7 Å². The van der Waals surface area contributed by atoms with Crippen LogP contribution in [0.1, 0.15) is 67.0 Å². The Balaban J connectivity index is 0.00000148. The summed E-state index contributed by atoms with van der Waals surface area (Å²) in [6.45, 7) is 26.9. The van der Waals surface area contributed by atoms with Crippen LogP contribution >= 0.6 is 0 Å². The summed E-state index contributed by atoms with van der Waals surface area (Å²) < 4.78 is 16.8. The van der Waals surface area contributed by atoms with Crippen LogP contribution in [0.5, 0.6) is 0 Å². The second kappa shape index (κ2) is 18.4. The topological polar surface area (TPSA) is 21.5 Å². The zero-order valence-electron chi connectivity index (χ0n) is 30.5. The Morgan fingerprint density at radius 2 is 1.67 bits per heavy atom. The number of anilines is 1. The van der Waals surface area contributed by atoms with Gasteiger partial charge in [0.1, 0.15) is 12.9 Å². The summed E-state index contributed by atoms with van der Waals surface area (Å²) in [4.78, 5) is 4.64. The number of likely N-dealkylation sites (N-methyl/N-ethyl adjacent to an activating group) is 1. The van der Waals surface area contributed by atoms with E-state index in [1.165, 1.54) is 27.8 Å². The SMILES string of the molecule is C=CNC.C=Cc1cccc(/C(=C\C=[N+](C)C(C=C)CCC)C(C)(C)c2ccc(CN3CCN(c4ccc(C)cc4F)CC3)cc2)c1C. The van der Waals surface area contributed by atoms with Crippen LogP contribution in [0.15, 0.2) is 98.8 Å². The molecule has 0 amide bonds. The first-order valence-corrected chi connectivity index (χ1v) is 17.2. The van der Waals surface area contributed by atoms with Gasteiger partial charge in [-0.25, -0.2) is 8.97 Å². The zero-order valence-corrected chi connectivity index (χ0v) is 30.5. The Kier molecular flexibility index (Phi) is 14.6. The summed E-state index contributed by atoms with van der Waals surface area (Å²) in [5.41, 5.74) is 8.94. The maximum absolute atomic E-state index is 14.5. The molecule has 1 fully saturated rings. The number of aryl methyl sites for hydroxylation is 1. The normalized spacial score (nSPS) is 14.9. The molecule has 1 heterocycles. The molecule has 4 nitrogen and oxygen atoms in total. The fourth-order valence-corrected chi connectivity index (χ4v) is 6.34. The van der Waals surface area contributed by atoms with Crippen molar-refractivity contribution < 1.29 is 8.97 Å². The minimum Gasteiger partial charge on any atom is -0.394 e. The monoisotopic (exact) mass is 649 g/mol. The molecule has 3 aromatic carbocycles. The molecule has 5 heteroatoms. The Hall–Kier alpha value is -4.22. The van der Waals surface area contributed by atoms with Gasteiger partial charge in [-0.3, -0.25) is 4.90 Å². The predicted octanol–water partition coefficient (Wildman–Crippen LogP) is 9.19. The fourth-order valence-electron chi connectivity index (χ4n) is 6.34. The van der Waals surface area contributed by atoms with Crippen LogP contribution in [0.25, 0.3) is 11.6 Å². The minimum absolute atomic E-state index is 0.123. The lowest BCUT2D eigenvalue weighted by Gasteiger charge is -2.36. The smallest absolute Gasteiger partial charge is 0.170 e. The van der Waals surface area contributed by atoms with Gasteiger partial charge in [-0.05, 0) is 83.6 Å². The van der Waals surface area contributed by atoms with E-state index in [1.54, 1.807) is 12.3 Å². The highest BCUT2D eigenvalue weighted by atomic mass is 19.1. The van der Waals surface area contributed by atoms with Gasteiger partial charge in [0.05, 0.1) is 5.69 Å². The van der Waals surface area contributed by atoms with Crippen LogP contribution in [0.2, 0.25) is 0 Å². The van der Waals surface area contributed by atoms with Crippen molar-refractivity contribution in [3.05, 3.63) is 138 Å². The highest BCUT2D eigenvalue weighted by Gasteiger charge is 2.29. The zero-order chi connectivity index (χ0) is 35.3. The number of rotatable bonds is 13. The molecular formula is C43H58FN4+. The van der Waals surface area contributed by atoms with E-state index in [0.29, 0.717) is 11.7 Å². The quantitative estimate of drug-likeness (QED) is 0.113. The van der Waals surface area contributed by atoms with Gasteiger partial charge in [-0.15, -0.1) is 0 Å². The summed E-state index contributed by atoms with van der Waals surface area (Å²) in [6.07, 6.45) is 12.3. The van der Waals surface area contributed by atoms with E-state index in [9.17, 15) is 4.39 Å². The highest BCUT2D eigenvalue weighted by molar-refractivity contribution is 5.88. The Bertz CT molecular complexity index is 1570. The number of halogens is 1. The van der Waals surface area contributed by atoms with Crippen molar-refractivity contribution in [2.45, 2.75) is 65.5 Å². The molecule has 0 aliphatic carbocycles. The Morgan fingerprint density at radius 3 is 2.23 bits per heavy atom. The summed E-state index contributed by atoms with van der Waals surface area (Å²) >= 11 is 0. The molecule has 1 atom stereocenters. The molecule has 1 N–H and O–H groups in total. The van der Waals surface area contributed by atoms with Crippen molar-refractivity contribution in [2.75, 3.05) is 45.2 Å². The van der Waals surface area contributed by atoms with Gasteiger partial charge in [-0.2, -0.15) is 0 Å². The molecular weight excluding hydrogens is 591 g/mol. The first-order chi connectivity index (χ1) is 23.0. The second-order valence-corrected chi connectivity index (χ2v) is 13.2.